The van der Waals surface area contributed by atoms with Gasteiger partial charge in [-0.15, -0.1) is 5.10 Å². The van der Waals surface area contributed by atoms with E-state index in [1.165, 1.54) is 11.1 Å². The first kappa shape index (κ1) is 15.0. The Labute approximate surface area is 136 Å². The van der Waals surface area contributed by atoms with Crippen LogP contribution in [0.25, 0.3) is 5.69 Å². The minimum absolute atomic E-state index is 0.409. The second-order valence-electron chi connectivity index (χ2n) is 5.38. The Kier molecular flexibility index (Phi) is 4.49. The van der Waals surface area contributed by atoms with Crippen LogP contribution in [0.15, 0.2) is 54.6 Å². The number of hydrogen-bond donors (Lipinski definition) is 0. The summed E-state index contributed by atoms with van der Waals surface area (Å²) in [7, 11) is 0. The summed E-state index contributed by atoms with van der Waals surface area (Å²) >= 11 is 0. The third-order valence-electron chi connectivity index (χ3n) is 3.96. The van der Waals surface area contributed by atoms with Crippen molar-refractivity contribution in [3.05, 3.63) is 77.1 Å². The van der Waals surface area contributed by atoms with Crippen LogP contribution in [0.4, 0.5) is 0 Å². The highest BCUT2D eigenvalue weighted by atomic mass is 15.4. The van der Waals surface area contributed by atoms with Crippen molar-refractivity contribution >= 4 is 0 Å². The molecule has 4 heteroatoms. The summed E-state index contributed by atoms with van der Waals surface area (Å²) < 4.78 is 1.82. The molecule has 0 fully saturated rings. The Hall–Kier alpha value is -2.93. The van der Waals surface area contributed by atoms with Gasteiger partial charge in [0.2, 0.25) is 0 Å². The van der Waals surface area contributed by atoms with E-state index >= 15 is 0 Å². The molecule has 1 aromatic heterocycles. The van der Waals surface area contributed by atoms with Crippen molar-refractivity contribution in [3.8, 4) is 11.8 Å². The Morgan fingerprint density at radius 3 is 2.48 bits per heavy atom. The fourth-order valence-corrected chi connectivity index (χ4v) is 2.73. The number of aryl methyl sites for hydroxylation is 2. The van der Waals surface area contributed by atoms with E-state index in [0.29, 0.717) is 5.69 Å². The van der Waals surface area contributed by atoms with Gasteiger partial charge in [0.1, 0.15) is 6.07 Å². The van der Waals surface area contributed by atoms with Crippen LogP contribution < -0.4 is 0 Å². The predicted molar refractivity (Wildman–Crippen MR) is 89.3 cm³/mol. The van der Waals surface area contributed by atoms with E-state index < -0.39 is 0 Å². The molecule has 0 saturated carbocycles. The van der Waals surface area contributed by atoms with E-state index in [1.807, 2.05) is 41.1 Å². The molecule has 1 heterocycles. The molecule has 0 saturated heterocycles. The zero-order valence-electron chi connectivity index (χ0n) is 13.1. The molecule has 0 unspecified atom stereocenters. The summed E-state index contributed by atoms with van der Waals surface area (Å²) in [5, 5.41) is 17.6. The molecule has 23 heavy (non-hydrogen) atoms. The summed E-state index contributed by atoms with van der Waals surface area (Å²) in [5.74, 6) is 0. The number of nitriles is 1. The minimum atomic E-state index is 0.409. The summed E-state index contributed by atoms with van der Waals surface area (Å²) in [6.45, 7) is 2.12. The topological polar surface area (TPSA) is 54.5 Å². The van der Waals surface area contributed by atoms with E-state index in [9.17, 15) is 5.26 Å². The molecule has 0 spiro atoms. The average Bonchev–Trinajstić information content (AvgIpc) is 3.03. The maximum Gasteiger partial charge on any atom is 0.186 e. The number of benzene rings is 2. The number of aromatic nitrogens is 3. The van der Waals surface area contributed by atoms with Crippen LogP contribution in [0.5, 0.6) is 0 Å². The van der Waals surface area contributed by atoms with Crippen molar-refractivity contribution in [2.24, 2.45) is 0 Å². The Morgan fingerprint density at radius 1 is 1.00 bits per heavy atom. The lowest BCUT2D eigenvalue weighted by Gasteiger charge is -2.10. The van der Waals surface area contributed by atoms with E-state index in [4.69, 9.17) is 0 Å². The summed E-state index contributed by atoms with van der Waals surface area (Å²) in [4.78, 5) is 0. The van der Waals surface area contributed by atoms with E-state index in [2.05, 4.69) is 41.5 Å². The molecule has 0 aliphatic rings. The third-order valence-corrected chi connectivity index (χ3v) is 3.96. The molecule has 0 aliphatic carbocycles. The highest BCUT2D eigenvalue weighted by molar-refractivity contribution is 5.43. The lowest BCUT2D eigenvalue weighted by Crippen LogP contribution is -2.07. The molecule has 2 aromatic carbocycles. The van der Waals surface area contributed by atoms with Crippen molar-refractivity contribution in [2.75, 3.05) is 0 Å². The van der Waals surface area contributed by atoms with Crippen LogP contribution in [0.3, 0.4) is 0 Å². The maximum atomic E-state index is 9.34. The molecule has 3 aromatic rings. The molecule has 0 radical (unpaired) electrons. The molecule has 4 nitrogen and oxygen atoms in total. The first-order valence-corrected chi connectivity index (χ1v) is 7.80. The van der Waals surface area contributed by atoms with E-state index in [0.717, 1.165) is 30.6 Å². The fourth-order valence-electron chi connectivity index (χ4n) is 2.73. The smallest absolute Gasteiger partial charge is 0.186 e. The lowest BCUT2D eigenvalue weighted by atomic mass is 10.1. The Bertz CT molecular complexity index is 828. The van der Waals surface area contributed by atoms with Crippen LogP contribution in [0.1, 0.15) is 29.4 Å². The van der Waals surface area contributed by atoms with Crippen molar-refractivity contribution in [1.82, 2.24) is 15.0 Å². The standard InChI is InChI=1S/C19H18N4/c1-2-16-10-6-7-11-18(16)23-19(17(14-20)21-22-23)13-12-15-8-4-3-5-9-15/h3-11H,2,12-13H2,1H3. The largest absolute Gasteiger partial charge is 0.216 e. The van der Waals surface area contributed by atoms with Gasteiger partial charge in [-0.1, -0.05) is 60.7 Å². The summed E-state index contributed by atoms with van der Waals surface area (Å²) in [5.41, 5.74) is 4.73. The van der Waals surface area contributed by atoms with Gasteiger partial charge in [-0.05, 0) is 36.5 Å². The molecule has 0 N–H and O–H groups in total. The first-order chi connectivity index (χ1) is 11.3. The molecular formula is C19H18N4. The van der Waals surface area contributed by atoms with Gasteiger partial charge in [0.15, 0.2) is 5.69 Å². The number of nitrogens with zero attached hydrogens (tertiary/aromatic N) is 4. The van der Waals surface area contributed by atoms with Gasteiger partial charge in [-0.2, -0.15) is 5.26 Å². The Balaban J connectivity index is 1.96. The number of hydrogen-bond acceptors (Lipinski definition) is 3. The summed E-state index contributed by atoms with van der Waals surface area (Å²) in [6.07, 6.45) is 2.51. The van der Waals surface area contributed by atoms with Crippen molar-refractivity contribution in [1.29, 1.82) is 5.26 Å². The van der Waals surface area contributed by atoms with E-state index in [1.54, 1.807) is 0 Å². The molecule has 0 amide bonds. The van der Waals surface area contributed by atoms with Crippen molar-refractivity contribution in [3.63, 3.8) is 0 Å². The van der Waals surface area contributed by atoms with Gasteiger partial charge in [-0.3, -0.25) is 0 Å². The first-order valence-electron chi connectivity index (χ1n) is 7.80. The van der Waals surface area contributed by atoms with Gasteiger partial charge in [0, 0.05) is 0 Å². The molecule has 114 valence electrons. The lowest BCUT2D eigenvalue weighted by molar-refractivity contribution is 0.744. The van der Waals surface area contributed by atoms with Crippen molar-refractivity contribution < 1.29 is 0 Å². The predicted octanol–water partition coefficient (Wildman–Crippen LogP) is 3.49. The van der Waals surface area contributed by atoms with Gasteiger partial charge in [0.25, 0.3) is 0 Å². The highest BCUT2D eigenvalue weighted by Crippen LogP contribution is 2.19. The SMILES string of the molecule is CCc1ccccc1-n1nnc(C#N)c1CCc1ccccc1. The second-order valence-corrected chi connectivity index (χ2v) is 5.38. The zero-order chi connectivity index (χ0) is 16.1. The highest BCUT2D eigenvalue weighted by Gasteiger charge is 2.15. The van der Waals surface area contributed by atoms with Crippen LogP contribution in [0, 0.1) is 11.3 Å². The van der Waals surface area contributed by atoms with Gasteiger partial charge in [-0.25, -0.2) is 4.68 Å². The van der Waals surface area contributed by atoms with Crippen LogP contribution in [-0.4, -0.2) is 15.0 Å². The average molecular weight is 302 g/mol. The van der Waals surface area contributed by atoms with Gasteiger partial charge < -0.3 is 0 Å². The summed E-state index contributed by atoms with van der Waals surface area (Å²) in [6, 6.07) is 20.6. The van der Waals surface area contributed by atoms with Gasteiger partial charge in [0.05, 0.1) is 11.4 Å². The maximum absolute atomic E-state index is 9.34. The normalized spacial score (nSPS) is 10.4. The van der Waals surface area contributed by atoms with E-state index in [-0.39, 0.29) is 0 Å². The molecule has 0 aliphatic heterocycles. The Morgan fingerprint density at radius 2 is 1.74 bits per heavy atom. The van der Waals surface area contributed by atoms with Crippen molar-refractivity contribution in [2.45, 2.75) is 26.2 Å². The number of rotatable bonds is 5. The second kappa shape index (κ2) is 6.89. The minimum Gasteiger partial charge on any atom is -0.216 e. The van der Waals surface area contributed by atoms with Crippen LogP contribution in [0.2, 0.25) is 0 Å². The van der Waals surface area contributed by atoms with Crippen LogP contribution in [-0.2, 0) is 19.3 Å². The molecule has 3 rings (SSSR count). The third kappa shape index (κ3) is 3.14. The monoisotopic (exact) mass is 302 g/mol. The quantitative estimate of drug-likeness (QED) is 0.725. The van der Waals surface area contributed by atoms with Gasteiger partial charge >= 0.3 is 0 Å². The molecule has 0 bridgehead atoms. The zero-order valence-corrected chi connectivity index (χ0v) is 13.1. The van der Waals surface area contributed by atoms with Crippen LogP contribution >= 0.6 is 0 Å². The molecular weight excluding hydrogens is 284 g/mol. The fraction of sp³-hybridized carbons (Fsp3) is 0.211. The number of para-hydroxylation sites is 1. The molecule has 0 atom stereocenters.